The molecule has 164 valence electrons. The fourth-order valence-electron chi connectivity index (χ4n) is 3.02. The average Bonchev–Trinajstić information content (AvgIpc) is 3.19. The van der Waals surface area contributed by atoms with E-state index >= 15 is 0 Å². The summed E-state index contributed by atoms with van der Waals surface area (Å²) in [5.74, 6) is -0.364. The van der Waals surface area contributed by atoms with Gasteiger partial charge in [0.15, 0.2) is 11.6 Å². The van der Waals surface area contributed by atoms with E-state index in [4.69, 9.17) is 4.74 Å². The third kappa shape index (κ3) is 5.76. The smallest absolute Gasteiger partial charge is 0.251 e. The Hall–Kier alpha value is -3.53. The zero-order valence-corrected chi connectivity index (χ0v) is 17.6. The van der Waals surface area contributed by atoms with Crippen molar-refractivity contribution in [3.05, 3.63) is 59.4 Å². The van der Waals surface area contributed by atoms with Gasteiger partial charge >= 0.3 is 0 Å². The first-order chi connectivity index (χ1) is 14.9. The van der Waals surface area contributed by atoms with E-state index in [1.165, 1.54) is 26.3 Å². The van der Waals surface area contributed by atoms with E-state index in [0.29, 0.717) is 42.1 Å². The van der Waals surface area contributed by atoms with E-state index < -0.39 is 11.9 Å². The number of carbonyl (C=O) groups is 1. The van der Waals surface area contributed by atoms with Crippen molar-refractivity contribution in [3.8, 4) is 5.75 Å². The Morgan fingerprint density at radius 2 is 2.00 bits per heavy atom. The molecular weight excluding hydrogens is 403 g/mol. The van der Waals surface area contributed by atoms with Crippen LogP contribution in [0.25, 0.3) is 0 Å². The minimum atomic E-state index is -0.495. The van der Waals surface area contributed by atoms with Crippen LogP contribution >= 0.6 is 0 Å². The number of aliphatic hydroxyl groups is 1. The van der Waals surface area contributed by atoms with Crippen molar-refractivity contribution >= 4 is 17.5 Å². The number of nitrogens with one attached hydrogen (secondary N) is 2. The van der Waals surface area contributed by atoms with Crippen LogP contribution in [0, 0.1) is 5.82 Å². The molecule has 0 saturated heterocycles. The maximum Gasteiger partial charge on any atom is 0.251 e. The Kier molecular flexibility index (Phi) is 7.14. The van der Waals surface area contributed by atoms with Gasteiger partial charge < -0.3 is 20.5 Å². The number of halogens is 1. The molecule has 3 aromatic rings. The molecule has 2 heterocycles. The molecule has 1 atom stereocenters. The summed E-state index contributed by atoms with van der Waals surface area (Å²) < 4.78 is 21.3. The SMILES string of the molecule is CNC(=O)c1cc(CCc2cnc(Nc3cnn(CC(C)O)c3)nc2)c(F)c(OC)c1. The van der Waals surface area contributed by atoms with Crippen molar-refractivity contribution in [3.63, 3.8) is 0 Å². The number of ether oxygens (including phenoxy) is 1. The topological polar surface area (TPSA) is 114 Å². The Labute approximate surface area is 179 Å². The molecule has 1 amide bonds. The largest absolute Gasteiger partial charge is 0.494 e. The molecule has 9 nitrogen and oxygen atoms in total. The van der Waals surface area contributed by atoms with Gasteiger partial charge in [-0.1, -0.05) is 0 Å². The van der Waals surface area contributed by atoms with Gasteiger partial charge in [-0.15, -0.1) is 0 Å². The Balaban J connectivity index is 1.65. The van der Waals surface area contributed by atoms with Crippen molar-refractivity contribution < 1.29 is 19.0 Å². The second-order valence-electron chi connectivity index (χ2n) is 7.07. The number of aromatic nitrogens is 4. The first kappa shape index (κ1) is 22.2. The summed E-state index contributed by atoms with van der Waals surface area (Å²) in [5.41, 5.74) is 2.24. The zero-order chi connectivity index (χ0) is 22.4. The second-order valence-corrected chi connectivity index (χ2v) is 7.07. The maximum absolute atomic E-state index is 14.6. The summed E-state index contributed by atoms with van der Waals surface area (Å²) in [6.45, 7) is 2.08. The predicted molar refractivity (Wildman–Crippen MR) is 113 cm³/mol. The highest BCUT2D eigenvalue weighted by atomic mass is 19.1. The summed E-state index contributed by atoms with van der Waals surface area (Å²) in [6, 6.07) is 2.91. The number of hydrogen-bond acceptors (Lipinski definition) is 7. The lowest BCUT2D eigenvalue weighted by Crippen LogP contribution is -2.18. The van der Waals surface area contributed by atoms with Crippen LogP contribution in [0.2, 0.25) is 0 Å². The highest BCUT2D eigenvalue weighted by Crippen LogP contribution is 2.24. The molecule has 1 aromatic carbocycles. The lowest BCUT2D eigenvalue weighted by molar-refractivity contribution is 0.0962. The van der Waals surface area contributed by atoms with E-state index in [9.17, 15) is 14.3 Å². The normalized spacial score (nSPS) is 11.8. The van der Waals surface area contributed by atoms with Crippen LogP contribution in [0.4, 0.5) is 16.0 Å². The molecule has 2 aromatic heterocycles. The van der Waals surface area contributed by atoms with Crippen molar-refractivity contribution in [1.29, 1.82) is 0 Å². The van der Waals surface area contributed by atoms with Crippen LogP contribution in [0.5, 0.6) is 5.75 Å². The summed E-state index contributed by atoms with van der Waals surface area (Å²) in [5, 5.41) is 19.1. The minimum Gasteiger partial charge on any atom is -0.494 e. The van der Waals surface area contributed by atoms with Gasteiger partial charge in [0.1, 0.15) is 0 Å². The molecule has 10 heteroatoms. The lowest BCUT2D eigenvalue weighted by Gasteiger charge is -2.11. The van der Waals surface area contributed by atoms with E-state index in [0.717, 1.165) is 5.56 Å². The standard InChI is InChI=1S/C21H25FN6O3/c1-13(29)11-28-12-17(10-26-28)27-21-24-8-14(9-25-21)4-5-15-6-16(20(30)23-2)7-18(31-3)19(15)22/h6-10,12-13,29H,4-5,11H2,1-3H3,(H,23,30)(H,24,25,27). The van der Waals surface area contributed by atoms with Gasteiger partial charge in [0.05, 0.1) is 31.6 Å². The first-order valence-electron chi connectivity index (χ1n) is 9.76. The molecule has 1 unspecified atom stereocenters. The number of methoxy groups -OCH3 is 1. The highest BCUT2D eigenvalue weighted by molar-refractivity contribution is 5.94. The van der Waals surface area contributed by atoms with Crippen molar-refractivity contribution in [2.24, 2.45) is 0 Å². The number of carbonyl (C=O) groups excluding carboxylic acids is 1. The van der Waals surface area contributed by atoms with E-state index in [1.54, 1.807) is 36.4 Å². The number of anilines is 2. The third-order valence-corrected chi connectivity index (χ3v) is 4.55. The number of aliphatic hydroxyl groups excluding tert-OH is 1. The Bertz CT molecular complexity index is 1040. The Morgan fingerprint density at radius 1 is 1.26 bits per heavy atom. The van der Waals surface area contributed by atoms with Crippen LogP contribution in [0.3, 0.4) is 0 Å². The van der Waals surface area contributed by atoms with E-state index in [1.807, 2.05) is 0 Å². The van der Waals surface area contributed by atoms with Crippen LogP contribution in [0.15, 0.2) is 36.9 Å². The van der Waals surface area contributed by atoms with Gasteiger partial charge in [0.25, 0.3) is 5.91 Å². The van der Waals surface area contributed by atoms with Gasteiger partial charge in [0, 0.05) is 31.2 Å². The van der Waals surface area contributed by atoms with Gasteiger partial charge in [-0.05, 0) is 43.0 Å². The van der Waals surface area contributed by atoms with Crippen molar-refractivity contribution in [1.82, 2.24) is 25.1 Å². The fourth-order valence-corrected chi connectivity index (χ4v) is 3.02. The molecule has 0 bridgehead atoms. The first-order valence-corrected chi connectivity index (χ1v) is 9.76. The monoisotopic (exact) mass is 428 g/mol. The third-order valence-electron chi connectivity index (χ3n) is 4.55. The van der Waals surface area contributed by atoms with Gasteiger partial charge in [-0.3, -0.25) is 9.48 Å². The van der Waals surface area contributed by atoms with Crippen molar-refractivity contribution in [2.75, 3.05) is 19.5 Å². The van der Waals surface area contributed by atoms with Crippen molar-refractivity contribution in [2.45, 2.75) is 32.4 Å². The average molecular weight is 428 g/mol. The molecule has 0 aliphatic carbocycles. The highest BCUT2D eigenvalue weighted by Gasteiger charge is 2.15. The Morgan fingerprint density at radius 3 is 2.65 bits per heavy atom. The van der Waals surface area contributed by atoms with Gasteiger partial charge in [-0.25, -0.2) is 14.4 Å². The molecule has 0 radical (unpaired) electrons. The maximum atomic E-state index is 14.6. The molecule has 31 heavy (non-hydrogen) atoms. The molecular formula is C21H25FN6O3. The molecule has 0 saturated carbocycles. The number of aryl methyl sites for hydroxylation is 2. The summed E-state index contributed by atoms with van der Waals surface area (Å²) in [6.07, 6.45) is 7.04. The van der Waals surface area contributed by atoms with Crippen LogP contribution in [-0.4, -0.2) is 51.0 Å². The zero-order valence-electron chi connectivity index (χ0n) is 17.6. The quantitative estimate of drug-likeness (QED) is 0.478. The number of hydrogen-bond donors (Lipinski definition) is 3. The van der Waals surface area contributed by atoms with Crippen LogP contribution < -0.4 is 15.4 Å². The van der Waals surface area contributed by atoms with Gasteiger partial charge in [0.2, 0.25) is 5.95 Å². The molecule has 0 aliphatic heterocycles. The minimum absolute atomic E-state index is 0.0306. The lowest BCUT2D eigenvalue weighted by atomic mass is 10.0. The summed E-state index contributed by atoms with van der Waals surface area (Å²) in [4.78, 5) is 20.5. The van der Waals surface area contributed by atoms with E-state index in [2.05, 4.69) is 25.7 Å². The molecule has 3 rings (SSSR count). The number of benzene rings is 1. The van der Waals surface area contributed by atoms with E-state index in [-0.39, 0.29) is 11.7 Å². The second kappa shape index (κ2) is 9.98. The summed E-state index contributed by atoms with van der Waals surface area (Å²) >= 11 is 0. The molecule has 0 fully saturated rings. The van der Waals surface area contributed by atoms with Crippen LogP contribution in [0.1, 0.15) is 28.4 Å². The van der Waals surface area contributed by atoms with Gasteiger partial charge in [-0.2, -0.15) is 5.10 Å². The number of rotatable bonds is 9. The predicted octanol–water partition coefficient (Wildman–Crippen LogP) is 2.09. The number of nitrogens with zero attached hydrogens (tertiary/aromatic N) is 4. The summed E-state index contributed by atoms with van der Waals surface area (Å²) in [7, 11) is 2.88. The van der Waals surface area contributed by atoms with Crippen LogP contribution in [-0.2, 0) is 19.4 Å². The molecule has 0 aliphatic rings. The fraction of sp³-hybridized carbons (Fsp3) is 0.333. The molecule has 0 spiro atoms. The number of amides is 1. The molecule has 3 N–H and O–H groups in total.